The molecule has 0 aliphatic carbocycles. The van der Waals surface area contributed by atoms with E-state index in [0.717, 1.165) is 0 Å². The molecule has 1 aliphatic rings. The second-order valence-corrected chi connectivity index (χ2v) is 7.16. The lowest BCUT2D eigenvalue weighted by atomic mass is 10.2. The lowest BCUT2D eigenvalue weighted by Gasteiger charge is -2.19. The van der Waals surface area contributed by atoms with E-state index >= 15 is 0 Å². The van der Waals surface area contributed by atoms with Crippen molar-refractivity contribution in [1.82, 2.24) is 10.6 Å². The molecule has 1 rings (SSSR count). The standard InChI is InChI=1S/C13H22N2O5S/c1-13(2,3)20-12(19)15-7-6-14-10(16)8-4-5-9(21-8)11(17)18/h8-9H,4-7H2,1-3H3,(H,14,16)(H,15,19)(H,17,18)/t8-,9+/m0/s1. The van der Waals surface area contributed by atoms with Crippen molar-refractivity contribution in [3.05, 3.63) is 0 Å². The quantitative estimate of drug-likeness (QED) is 0.653. The van der Waals surface area contributed by atoms with Gasteiger partial charge in [-0.2, -0.15) is 0 Å². The first-order valence-electron chi connectivity index (χ1n) is 6.82. The molecule has 0 aromatic carbocycles. The molecule has 120 valence electrons. The molecule has 3 N–H and O–H groups in total. The fraction of sp³-hybridized carbons (Fsp3) is 0.769. The zero-order valence-electron chi connectivity index (χ0n) is 12.5. The molecular weight excluding hydrogens is 296 g/mol. The van der Waals surface area contributed by atoms with Crippen molar-refractivity contribution in [2.45, 2.75) is 49.7 Å². The fourth-order valence-corrected chi connectivity index (χ4v) is 3.05. The molecule has 0 bridgehead atoms. The number of thioether (sulfide) groups is 1. The highest BCUT2D eigenvalue weighted by Crippen LogP contribution is 2.33. The van der Waals surface area contributed by atoms with Crippen molar-refractivity contribution in [3.63, 3.8) is 0 Å². The van der Waals surface area contributed by atoms with Gasteiger partial charge in [-0.25, -0.2) is 4.79 Å². The summed E-state index contributed by atoms with van der Waals surface area (Å²) in [6.45, 7) is 5.85. The molecule has 1 aliphatic heterocycles. The number of alkyl carbamates (subject to hydrolysis) is 1. The van der Waals surface area contributed by atoms with Gasteiger partial charge in [0.2, 0.25) is 5.91 Å². The van der Waals surface area contributed by atoms with Crippen LogP contribution < -0.4 is 10.6 Å². The molecule has 0 spiro atoms. The molecule has 0 aromatic heterocycles. The molecule has 7 nitrogen and oxygen atoms in total. The second kappa shape index (κ2) is 7.53. The summed E-state index contributed by atoms with van der Waals surface area (Å²) in [6, 6.07) is 0. The highest BCUT2D eigenvalue weighted by molar-refractivity contribution is 8.02. The van der Waals surface area contributed by atoms with Gasteiger partial charge in [0, 0.05) is 13.1 Å². The maximum atomic E-state index is 11.8. The number of aliphatic carboxylic acids is 1. The van der Waals surface area contributed by atoms with Gasteiger partial charge in [0.1, 0.15) is 10.9 Å². The van der Waals surface area contributed by atoms with Crippen LogP contribution in [0.25, 0.3) is 0 Å². The maximum Gasteiger partial charge on any atom is 0.407 e. The summed E-state index contributed by atoms with van der Waals surface area (Å²) in [7, 11) is 0. The van der Waals surface area contributed by atoms with Gasteiger partial charge < -0.3 is 20.5 Å². The van der Waals surface area contributed by atoms with Crippen LogP contribution in [-0.4, -0.2) is 52.3 Å². The minimum atomic E-state index is -0.873. The Balaban J connectivity index is 2.17. The zero-order valence-corrected chi connectivity index (χ0v) is 13.3. The van der Waals surface area contributed by atoms with Gasteiger partial charge >= 0.3 is 12.1 Å². The van der Waals surface area contributed by atoms with Crippen LogP contribution in [0.15, 0.2) is 0 Å². The normalized spacial score (nSPS) is 21.7. The Hall–Kier alpha value is -1.44. The van der Waals surface area contributed by atoms with Crippen LogP contribution in [-0.2, 0) is 14.3 Å². The lowest BCUT2D eigenvalue weighted by Crippen LogP contribution is -2.40. The topological polar surface area (TPSA) is 105 Å². The Morgan fingerprint density at radius 3 is 2.24 bits per heavy atom. The van der Waals surface area contributed by atoms with Crippen molar-refractivity contribution in [3.8, 4) is 0 Å². The van der Waals surface area contributed by atoms with E-state index in [1.165, 1.54) is 11.8 Å². The third kappa shape index (κ3) is 6.70. The summed E-state index contributed by atoms with van der Waals surface area (Å²) in [5.74, 6) is -1.06. The van der Waals surface area contributed by atoms with Crippen LogP contribution in [0.2, 0.25) is 0 Å². The highest BCUT2D eigenvalue weighted by atomic mass is 32.2. The summed E-state index contributed by atoms with van der Waals surface area (Å²) in [5, 5.41) is 13.3. The molecule has 0 aromatic rings. The van der Waals surface area contributed by atoms with E-state index < -0.39 is 22.9 Å². The first kappa shape index (κ1) is 17.6. The van der Waals surface area contributed by atoms with Gasteiger partial charge in [-0.3, -0.25) is 9.59 Å². The summed E-state index contributed by atoms with van der Waals surface area (Å²) < 4.78 is 5.05. The molecule has 0 radical (unpaired) electrons. The van der Waals surface area contributed by atoms with Gasteiger partial charge in [0.25, 0.3) is 0 Å². The molecule has 2 amide bonds. The summed E-state index contributed by atoms with van der Waals surface area (Å²) in [4.78, 5) is 34.0. The Bertz CT molecular complexity index is 408. The van der Waals surface area contributed by atoms with Crippen molar-refractivity contribution >= 4 is 29.7 Å². The van der Waals surface area contributed by atoms with Crippen LogP contribution in [0, 0.1) is 0 Å². The Morgan fingerprint density at radius 1 is 1.14 bits per heavy atom. The smallest absolute Gasteiger partial charge is 0.407 e. The SMILES string of the molecule is CC(C)(C)OC(=O)NCCNC(=O)[C@@H]1CC[C@H](C(=O)O)S1. The van der Waals surface area contributed by atoms with E-state index in [4.69, 9.17) is 9.84 Å². The number of ether oxygens (including phenoxy) is 1. The number of carbonyl (C=O) groups is 3. The van der Waals surface area contributed by atoms with Crippen molar-refractivity contribution in [1.29, 1.82) is 0 Å². The molecule has 8 heteroatoms. The summed E-state index contributed by atoms with van der Waals surface area (Å²) >= 11 is 1.18. The Labute approximate surface area is 128 Å². The largest absolute Gasteiger partial charge is 0.480 e. The highest BCUT2D eigenvalue weighted by Gasteiger charge is 2.34. The predicted octanol–water partition coefficient (Wildman–Crippen LogP) is 0.976. The Morgan fingerprint density at radius 2 is 1.71 bits per heavy atom. The van der Waals surface area contributed by atoms with Gasteiger partial charge in [-0.15, -0.1) is 11.8 Å². The van der Waals surface area contributed by atoms with Crippen molar-refractivity contribution < 1.29 is 24.2 Å². The molecule has 2 atom stereocenters. The number of carboxylic acid groups (broad SMARTS) is 1. The summed E-state index contributed by atoms with van der Waals surface area (Å²) in [5.41, 5.74) is -0.556. The number of carboxylic acids is 1. The minimum absolute atomic E-state index is 0.185. The number of carbonyl (C=O) groups excluding carboxylic acids is 2. The predicted molar refractivity (Wildman–Crippen MR) is 79.3 cm³/mol. The number of amides is 2. The number of hydrogen-bond donors (Lipinski definition) is 3. The third-order valence-corrected chi connectivity index (χ3v) is 4.22. The second-order valence-electron chi connectivity index (χ2n) is 5.75. The van der Waals surface area contributed by atoms with Crippen LogP contribution >= 0.6 is 11.8 Å². The van der Waals surface area contributed by atoms with Gasteiger partial charge in [-0.1, -0.05) is 0 Å². The van der Waals surface area contributed by atoms with Crippen LogP contribution in [0.1, 0.15) is 33.6 Å². The maximum absolute atomic E-state index is 11.8. The number of nitrogens with one attached hydrogen (secondary N) is 2. The fourth-order valence-electron chi connectivity index (χ4n) is 1.79. The molecule has 1 fully saturated rings. The molecule has 21 heavy (non-hydrogen) atoms. The van der Waals surface area contributed by atoms with Crippen molar-refractivity contribution in [2.24, 2.45) is 0 Å². The Kier molecular flexibility index (Phi) is 6.32. The van der Waals surface area contributed by atoms with Gasteiger partial charge in [0.05, 0.1) is 5.25 Å². The molecule has 1 heterocycles. The van der Waals surface area contributed by atoms with E-state index in [1.807, 2.05) is 0 Å². The molecule has 1 saturated heterocycles. The van der Waals surface area contributed by atoms with E-state index in [0.29, 0.717) is 12.8 Å². The zero-order chi connectivity index (χ0) is 16.0. The molecular formula is C13H22N2O5S. The van der Waals surface area contributed by atoms with Crippen LogP contribution in [0.5, 0.6) is 0 Å². The lowest BCUT2D eigenvalue weighted by molar-refractivity contribution is -0.136. The van der Waals surface area contributed by atoms with Gasteiger partial charge in [0.15, 0.2) is 0 Å². The number of hydrogen-bond acceptors (Lipinski definition) is 5. The van der Waals surface area contributed by atoms with Gasteiger partial charge in [-0.05, 0) is 33.6 Å². The summed E-state index contributed by atoms with van der Waals surface area (Å²) in [6.07, 6.45) is 0.541. The molecule has 0 unspecified atom stereocenters. The van der Waals surface area contributed by atoms with Crippen LogP contribution in [0.4, 0.5) is 4.79 Å². The third-order valence-electron chi connectivity index (χ3n) is 2.68. The molecule has 0 saturated carbocycles. The number of rotatable bonds is 5. The first-order valence-corrected chi connectivity index (χ1v) is 7.76. The van der Waals surface area contributed by atoms with E-state index in [2.05, 4.69) is 10.6 Å². The van der Waals surface area contributed by atoms with Crippen molar-refractivity contribution in [2.75, 3.05) is 13.1 Å². The average molecular weight is 318 g/mol. The van der Waals surface area contributed by atoms with Crippen LogP contribution in [0.3, 0.4) is 0 Å². The monoisotopic (exact) mass is 318 g/mol. The first-order chi connectivity index (χ1) is 9.69. The van der Waals surface area contributed by atoms with E-state index in [1.54, 1.807) is 20.8 Å². The van der Waals surface area contributed by atoms with E-state index in [9.17, 15) is 14.4 Å². The minimum Gasteiger partial charge on any atom is -0.480 e. The van der Waals surface area contributed by atoms with E-state index in [-0.39, 0.29) is 24.2 Å². The average Bonchev–Trinajstić information content (AvgIpc) is 2.81.